The second kappa shape index (κ2) is 5.15. The monoisotopic (exact) mass is 312 g/mol. The fraction of sp³-hybridized carbons (Fsp3) is 0.294. The summed E-state index contributed by atoms with van der Waals surface area (Å²) < 4.78 is 11.1. The van der Waals surface area contributed by atoms with E-state index in [9.17, 15) is 9.59 Å². The normalized spacial score (nSPS) is 21.6. The fourth-order valence-electron chi connectivity index (χ4n) is 3.16. The van der Waals surface area contributed by atoms with Crippen molar-refractivity contribution in [2.24, 2.45) is 0 Å². The van der Waals surface area contributed by atoms with E-state index in [-0.39, 0.29) is 12.4 Å². The van der Waals surface area contributed by atoms with E-state index in [2.05, 4.69) is 5.32 Å². The number of rotatable bonds is 2. The van der Waals surface area contributed by atoms with Gasteiger partial charge < -0.3 is 19.7 Å². The third-order valence-corrected chi connectivity index (χ3v) is 4.16. The van der Waals surface area contributed by atoms with E-state index < -0.39 is 12.2 Å². The van der Waals surface area contributed by atoms with Gasteiger partial charge in [-0.3, -0.25) is 4.79 Å². The summed E-state index contributed by atoms with van der Waals surface area (Å²) in [6, 6.07) is 7.17. The van der Waals surface area contributed by atoms with Crippen molar-refractivity contribution in [3.8, 4) is 5.75 Å². The number of carbonyl (C=O) groups is 2. The molecule has 1 atom stereocenters. The molecule has 0 saturated carbocycles. The topological polar surface area (TPSA) is 67.9 Å². The van der Waals surface area contributed by atoms with E-state index in [1.807, 2.05) is 11.0 Å². The van der Waals surface area contributed by atoms with Crippen LogP contribution in [0.1, 0.15) is 17.3 Å². The van der Waals surface area contributed by atoms with Crippen molar-refractivity contribution in [1.82, 2.24) is 10.2 Å². The lowest BCUT2D eigenvalue weighted by Gasteiger charge is -2.38. The van der Waals surface area contributed by atoms with Crippen molar-refractivity contribution in [3.05, 3.63) is 52.9 Å². The van der Waals surface area contributed by atoms with Crippen molar-refractivity contribution in [2.45, 2.75) is 13.2 Å². The first kappa shape index (κ1) is 13.9. The molecule has 0 amide bonds. The molecule has 1 aromatic rings. The molecule has 3 heterocycles. The SMILES string of the molecule is CCOC(=O)C1=C2NCCN2C2Oc3ccccc3C(=O)C2=C1. The van der Waals surface area contributed by atoms with Crippen LogP contribution in [0.25, 0.3) is 0 Å². The molecule has 6 nitrogen and oxygen atoms in total. The van der Waals surface area contributed by atoms with Gasteiger partial charge in [-0.2, -0.15) is 0 Å². The minimum Gasteiger partial charge on any atom is -0.465 e. The molecule has 1 fully saturated rings. The number of nitrogens with one attached hydrogen (secondary N) is 1. The molecule has 6 heteroatoms. The molecule has 1 N–H and O–H groups in total. The zero-order valence-electron chi connectivity index (χ0n) is 12.7. The molecule has 0 aromatic heterocycles. The Morgan fingerprint density at radius 2 is 2.26 bits per heavy atom. The van der Waals surface area contributed by atoms with Crippen molar-refractivity contribution >= 4 is 11.8 Å². The van der Waals surface area contributed by atoms with E-state index in [0.717, 1.165) is 0 Å². The largest absolute Gasteiger partial charge is 0.465 e. The van der Waals surface area contributed by atoms with Crippen LogP contribution in [0.4, 0.5) is 0 Å². The van der Waals surface area contributed by atoms with Gasteiger partial charge in [0, 0.05) is 13.1 Å². The van der Waals surface area contributed by atoms with Gasteiger partial charge in [0.25, 0.3) is 0 Å². The molecule has 0 aliphatic carbocycles. The van der Waals surface area contributed by atoms with E-state index in [4.69, 9.17) is 9.47 Å². The molecule has 23 heavy (non-hydrogen) atoms. The number of fused-ring (bicyclic) bond motifs is 4. The van der Waals surface area contributed by atoms with Crippen LogP contribution >= 0.6 is 0 Å². The summed E-state index contributed by atoms with van der Waals surface area (Å²) >= 11 is 0. The third-order valence-electron chi connectivity index (χ3n) is 4.16. The molecule has 4 rings (SSSR count). The first-order valence-electron chi connectivity index (χ1n) is 7.64. The highest BCUT2D eigenvalue weighted by molar-refractivity contribution is 6.13. The summed E-state index contributed by atoms with van der Waals surface area (Å²) in [5.41, 5.74) is 1.37. The van der Waals surface area contributed by atoms with Crippen LogP contribution in [0.3, 0.4) is 0 Å². The smallest absolute Gasteiger partial charge is 0.341 e. The number of esters is 1. The molecule has 3 aliphatic heterocycles. The summed E-state index contributed by atoms with van der Waals surface area (Å²) in [6.07, 6.45) is 1.10. The molecule has 1 unspecified atom stereocenters. The van der Waals surface area contributed by atoms with Crippen LogP contribution in [-0.4, -0.2) is 42.6 Å². The van der Waals surface area contributed by atoms with Gasteiger partial charge in [-0.05, 0) is 25.1 Å². The first-order chi connectivity index (χ1) is 11.2. The Bertz CT molecular complexity index is 766. The van der Waals surface area contributed by atoms with Gasteiger partial charge in [-0.1, -0.05) is 12.1 Å². The lowest BCUT2D eigenvalue weighted by Crippen LogP contribution is -2.46. The number of hydrogen-bond donors (Lipinski definition) is 1. The van der Waals surface area contributed by atoms with Crippen molar-refractivity contribution < 1.29 is 19.1 Å². The van der Waals surface area contributed by atoms with E-state index in [1.165, 1.54) is 0 Å². The van der Waals surface area contributed by atoms with Crippen LogP contribution in [0.5, 0.6) is 5.75 Å². The predicted molar refractivity (Wildman–Crippen MR) is 81.6 cm³/mol. The second-order valence-electron chi connectivity index (χ2n) is 5.50. The molecule has 118 valence electrons. The number of hydrogen-bond acceptors (Lipinski definition) is 6. The fourth-order valence-corrected chi connectivity index (χ4v) is 3.16. The molecule has 1 saturated heterocycles. The number of carbonyl (C=O) groups excluding carboxylic acids is 2. The zero-order chi connectivity index (χ0) is 16.0. The highest BCUT2D eigenvalue weighted by Crippen LogP contribution is 2.37. The minimum absolute atomic E-state index is 0.107. The number of nitrogens with zero attached hydrogens (tertiary/aromatic N) is 1. The zero-order valence-corrected chi connectivity index (χ0v) is 12.7. The summed E-state index contributed by atoms with van der Waals surface area (Å²) in [4.78, 5) is 26.9. The van der Waals surface area contributed by atoms with Gasteiger partial charge >= 0.3 is 5.97 Å². The van der Waals surface area contributed by atoms with Crippen molar-refractivity contribution in [2.75, 3.05) is 19.7 Å². The maximum Gasteiger partial charge on any atom is 0.341 e. The number of ketones is 1. The number of benzene rings is 1. The molecule has 0 spiro atoms. The van der Waals surface area contributed by atoms with Gasteiger partial charge in [0.2, 0.25) is 6.23 Å². The van der Waals surface area contributed by atoms with Crippen LogP contribution < -0.4 is 10.1 Å². The maximum absolute atomic E-state index is 12.8. The van der Waals surface area contributed by atoms with Crippen LogP contribution in [0.15, 0.2) is 47.3 Å². The van der Waals surface area contributed by atoms with Gasteiger partial charge in [0.15, 0.2) is 5.78 Å². The van der Waals surface area contributed by atoms with Crippen LogP contribution in [-0.2, 0) is 9.53 Å². The molecular formula is C17H16N2O4. The summed E-state index contributed by atoms with van der Waals surface area (Å²) in [5.74, 6) is 0.707. The second-order valence-corrected chi connectivity index (χ2v) is 5.50. The van der Waals surface area contributed by atoms with E-state index in [0.29, 0.717) is 41.4 Å². The number of para-hydroxylation sites is 1. The summed E-state index contributed by atoms with van der Waals surface area (Å²) in [5, 5.41) is 3.19. The molecule has 1 aromatic carbocycles. The summed E-state index contributed by atoms with van der Waals surface area (Å²) in [6.45, 7) is 3.40. The van der Waals surface area contributed by atoms with Gasteiger partial charge in [0.05, 0.1) is 17.7 Å². The van der Waals surface area contributed by atoms with Crippen molar-refractivity contribution in [1.29, 1.82) is 0 Å². The number of ether oxygens (including phenoxy) is 2. The molecule has 0 bridgehead atoms. The molecular weight excluding hydrogens is 296 g/mol. The molecule has 0 radical (unpaired) electrons. The average molecular weight is 312 g/mol. The highest BCUT2D eigenvalue weighted by Gasteiger charge is 2.43. The Balaban J connectivity index is 1.82. The lowest BCUT2D eigenvalue weighted by atomic mass is 9.93. The Labute approximate surface area is 133 Å². The minimum atomic E-state index is -0.499. The Morgan fingerprint density at radius 1 is 1.43 bits per heavy atom. The van der Waals surface area contributed by atoms with Gasteiger partial charge in [-0.15, -0.1) is 0 Å². The highest BCUT2D eigenvalue weighted by atomic mass is 16.5. The standard InChI is InChI=1S/C17H16N2O4/c1-2-22-17(21)12-9-11-14(20)10-5-3-4-6-13(10)23-16(11)19-8-7-18-15(12)19/h3-6,9,16,18H,2,7-8H2,1H3. The lowest BCUT2D eigenvalue weighted by molar-refractivity contribution is -0.138. The van der Waals surface area contributed by atoms with Gasteiger partial charge in [-0.25, -0.2) is 4.79 Å². The Hall–Kier alpha value is -2.76. The maximum atomic E-state index is 12.8. The average Bonchev–Trinajstić information content (AvgIpc) is 3.05. The quantitative estimate of drug-likeness (QED) is 0.828. The van der Waals surface area contributed by atoms with Crippen LogP contribution in [0, 0.1) is 0 Å². The Kier molecular flexibility index (Phi) is 3.11. The molecule has 3 aliphatic rings. The van der Waals surface area contributed by atoms with E-state index in [1.54, 1.807) is 31.2 Å². The van der Waals surface area contributed by atoms with Gasteiger partial charge in [0.1, 0.15) is 17.1 Å². The first-order valence-corrected chi connectivity index (χ1v) is 7.64. The Morgan fingerprint density at radius 3 is 3.09 bits per heavy atom. The number of Topliss-reactive ketones (excluding diaryl/α,β-unsaturated/α-hetero) is 1. The third kappa shape index (κ3) is 2.02. The summed E-state index contributed by atoms with van der Waals surface area (Å²) in [7, 11) is 0. The van der Waals surface area contributed by atoms with Crippen LogP contribution in [0.2, 0.25) is 0 Å². The van der Waals surface area contributed by atoms with Crippen molar-refractivity contribution in [3.63, 3.8) is 0 Å². The van der Waals surface area contributed by atoms with E-state index >= 15 is 0 Å². The predicted octanol–water partition coefficient (Wildman–Crippen LogP) is 1.21.